The SMILES string of the molecule is CC(C)(C)[Si](C)(C)C1CCCCCCCCC1. The molecule has 17 heavy (non-hydrogen) atoms. The summed E-state index contributed by atoms with van der Waals surface area (Å²) >= 11 is 0. The molecule has 0 atom stereocenters. The third-order valence-electron chi connectivity index (χ3n) is 5.56. The largest absolute Gasteiger partial charge is 0.0688 e. The molecule has 0 aromatic carbocycles. The summed E-state index contributed by atoms with van der Waals surface area (Å²) in [7, 11) is -1.10. The second kappa shape index (κ2) is 6.40. The van der Waals surface area contributed by atoms with Gasteiger partial charge < -0.3 is 0 Å². The average molecular weight is 255 g/mol. The van der Waals surface area contributed by atoms with Crippen LogP contribution in [0.25, 0.3) is 0 Å². The molecule has 0 aromatic rings. The van der Waals surface area contributed by atoms with E-state index in [2.05, 4.69) is 33.9 Å². The van der Waals surface area contributed by atoms with Crippen LogP contribution in [0, 0.1) is 0 Å². The predicted octanol–water partition coefficient (Wildman–Crippen LogP) is 6.39. The van der Waals surface area contributed by atoms with Crippen molar-refractivity contribution in [3.8, 4) is 0 Å². The van der Waals surface area contributed by atoms with Gasteiger partial charge in [0, 0.05) is 0 Å². The molecule has 0 saturated heterocycles. The average Bonchev–Trinajstić information content (AvgIpc) is 2.24. The topological polar surface area (TPSA) is 0 Å². The molecular formula is C16H34Si. The lowest BCUT2D eigenvalue weighted by Gasteiger charge is -2.44. The molecule has 0 heterocycles. The van der Waals surface area contributed by atoms with Crippen molar-refractivity contribution in [1.82, 2.24) is 0 Å². The summed E-state index contributed by atoms with van der Waals surface area (Å²) in [6.45, 7) is 12.7. The highest BCUT2D eigenvalue weighted by atomic mass is 28.3. The summed E-state index contributed by atoms with van der Waals surface area (Å²) in [6.07, 6.45) is 13.5. The van der Waals surface area contributed by atoms with E-state index in [1.807, 2.05) is 0 Å². The Labute approximate surface area is 111 Å². The Hall–Kier alpha value is 0.217. The summed E-state index contributed by atoms with van der Waals surface area (Å²) in [5.41, 5.74) is 1.07. The van der Waals surface area contributed by atoms with Crippen molar-refractivity contribution in [3.63, 3.8) is 0 Å². The van der Waals surface area contributed by atoms with E-state index in [1.165, 1.54) is 57.8 Å². The van der Waals surface area contributed by atoms with Crippen LogP contribution in [0.15, 0.2) is 0 Å². The van der Waals surface area contributed by atoms with Gasteiger partial charge in [-0.3, -0.25) is 0 Å². The first-order chi connectivity index (χ1) is 7.86. The lowest BCUT2D eigenvalue weighted by molar-refractivity contribution is 0.487. The minimum atomic E-state index is -1.10. The van der Waals surface area contributed by atoms with Gasteiger partial charge in [0.1, 0.15) is 0 Å². The first kappa shape index (κ1) is 15.3. The van der Waals surface area contributed by atoms with E-state index in [1.54, 1.807) is 0 Å². The Morgan fingerprint density at radius 2 is 1.06 bits per heavy atom. The molecular weight excluding hydrogens is 220 g/mol. The molecule has 0 unspecified atom stereocenters. The highest BCUT2D eigenvalue weighted by Gasteiger charge is 2.41. The van der Waals surface area contributed by atoms with Crippen LogP contribution in [0.1, 0.15) is 78.6 Å². The number of hydrogen-bond acceptors (Lipinski definition) is 0. The van der Waals surface area contributed by atoms with E-state index < -0.39 is 8.07 Å². The van der Waals surface area contributed by atoms with Crippen LogP contribution >= 0.6 is 0 Å². The Balaban J connectivity index is 2.63. The van der Waals surface area contributed by atoms with Crippen LogP contribution in [-0.4, -0.2) is 8.07 Å². The van der Waals surface area contributed by atoms with Crippen molar-refractivity contribution in [2.75, 3.05) is 0 Å². The van der Waals surface area contributed by atoms with E-state index in [9.17, 15) is 0 Å². The summed E-state index contributed by atoms with van der Waals surface area (Å²) in [4.78, 5) is 0. The molecule has 102 valence electrons. The molecule has 0 bridgehead atoms. The molecule has 1 saturated carbocycles. The van der Waals surface area contributed by atoms with Crippen molar-refractivity contribution in [2.24, 2.45) is 0 Å². The molecule has 0 aromatic heterocycles. The summed E-state index contributed by atoms with van der Waals surface area (Å²) in [5.74, 6) is 0. The van der Waals surface area contributed by atoms with Gasteiger partial charge in [-0.25, -0.2) is 0 Å². The first-order valence-electron chi connectivity index (χ1n) is 7.86. The molecule has 0 amide bonds. The van der Waals surface area contributed by atoms with Gasteiger partial charge in [-0.2, -0.15) is 0 Å². The van der Waals surface area contributed by atoms with Crippen molar-refractivity contribution < 1.29 is 0 Å². The van der Waals surface area contributed by atoms with E-state index in [4.69, 9.17) is 0 Å². The maximum Gasteiger partial charge on any atom is 0.0558 e. The monoisotopic (exact) mass is 254 g/mol. The second-order valence-corrected chi connectivity index (χ2v) is 13.5. The van der Waals surface area contributed by atoms with Crippen LogP contribution in [0.5, 0.6) is 0 Å². The molecule has 0 aliphatic heterocycles. The Bertz CT molecular complexity index is 202. The zero-order chi connectivity index (χ0) is 12.9. The first-order valence-corrected chi connectivity index (χ1v) is 10.9. The lowest BCUT2D eigenvalue weighted by Crippen LogP contribution is -2.42. The minimum Gasteiger partial charge on any atom is -0.0688 e. The van der Waals surface area contributed by atoms with Gasteiger partial charge in [0.25, 0.3) is 0 Å². The summed E-state index contributed by atoms with van der Waals surface area (Å²) < 4.78 is 0. The third-order valence-corrected chi connectivity index (χ3v) is 12.0. The van der Waals surface area contributed by atoms with E-state index in [0.717, 1.165) is 5.54 Å². The second-order valence-electron chi connectivity index (χ2n) is 7.72. The minimum absolute atomic E-state index is 0.571. The van der Waals surface area contributed by atoms with E-state index >= 15 is 0 Å². The smallest absolute Gasteiger partial charge is 0.0558 e. The summed E-state index contributed by atoms with van der Waals surface area (Å²) in [6, 6.07) is 0. The Kier molecular flexibility index (Phi) is 5.75. The molecule has 1 aliphatic rings. The zero-order valence-electron chi connectivity index (χ0n) is 12.9. The molecule has 1 fully saturated rings. The van der Waals surface area contributed by atoms with Gasteiger partial charge in [-0.15, -0.1) is 0 Å². The molecule has 1 rings (SSSR count). The molecule has 0 nitrogen and oxygen atoms in total. The molecule has 1 heteroatoms. The Morgan fingerprint density at radius 1 is 0.706 bits per heavy atom. The van der Waals surface area contributed by atoms with E-state index in [-0.39, 0.29) is 0 Å². The molecule has 0 N–H and O–H groups in total. The van der Waals surface area contributed by atoms with Gasteiger partial charge in [0.2, 0.25) is 0 Å². The maximum atomic E-state index is 2.64. The molecule has 0 radical (unpaired) electrons. The van der Waals surface area contributed by atoms with Gasteiger partial charge in [-0.1, -0.05) is 91.7 Å². The maximum absolute atomic E-state index is 2.64. The fourth-order valence-electron chi connectivity index (χ4n) is 3.14. The molecule has 1 aliphatic carbocycles. The van der Waals surface area contributed by atoms with Crippen LogP contribution in [0.4, 0.5) is 0 Å². The van der Waals surface area contributed by atoms with E-state index in [0.29, 0.717) is 5.04 Å². The van der Waals surface area contributed by atoms with Gasteiger partial charge in [0.05, 0.1) is 8.07 Å². The highest BCUT2D eigenvalue weighted by molar-refractivity contribution is 6.81. The van der Waals surface area contributed by atoms with Gasteiger partial charge >= 0.3 is 0 Å². The number of hydrogen-bond donors (Lipinski definition) is 0. The fraction of sp³-hybridized carbons (Fsp3) is 1.00. The van der Waals surface area contributed by atoms with Crippen LogP contribution < -0.4 is 0 Å². The standard InChI is InChI=1S/C16H34Si/c1-16(2,3)17(4,5)15-13-11-9-7-6-8-10-12-14-15/h15H,6-14H2,1-5H3. The predicted molar refractivity (Wildman–Crippen MR) is 82.5 cm³/mol. The zero-order valence-corrected chi connectivity index (χ0v) is 13.9. The summed E-state index contributed by atoms with van der Waals surface area (Å²) in [5, 5.41) is 0.571. The van der Waals surface area contributed by atoms with Crippen molar-refractivity contribution >= 4 is 8.07 Å². The van der Waals surface area contributed by atoms with Crippen LogP contribution in [0.2, 0.25) is 23.7 Å². The highest BCUT2D eigenvalue weighted by Crippen LogP contribution is 2.47. The van der Waals surface area contributed by atoms with Crippen molar-refractivity contribution in [3.05, 3.63) is 0 Å². The van der Waals surface area contributed by atoms with Crippen LogP contribution in [0.3, 0.4) is 0 Å². The normalized spacial score (nSPS) is 22.4. The molecule has 0 spiro atoms. The lowest BCUT2D eigenvalue weighted by atomic mass is 10.0. The van der Waals surface area contributed by atoms with Gasteiger partial charge in [-0.05, 0) is 10.6 Å². The fourth-order valence-corrected chi connectivity index (χ4v) is 6.22. The van der Waals surface area contributed by atoms with Gasteiger partial charge in [0.15, 0.2) is 0 Å². The van der Waals surface area contributed by atoms with Crippen molar-refractivity contribution in [2.45, 2.75) is 102 Å². The third kappa shape index (κ3) is 4.42. The number of rotatable bonds is 1. The van der Waals surface area contributed by atoms with Crippen LogP contribution in [-0.2, 0) is 0 Å². The quantitative estimate of drug-likeness (QED) is 0.476. The Morgan fingerprint density at radius 3 is 1.41 bits per heavy atom. The van der Waals surface area contributed by atoms with Crippen molar-refractivity contribution in [1.29, 1.82) is 0 Å².